The van der Waals surface area contributed by atoms with Crippen LogP contribution in [0, 0.1) is 0 Å². The highest BCUT2D eigenvalue weighted by atomic mass is 79.9. The molecule has 0 saturated carbocycles. The summed E-state index contributed by atoms with van der Waals surface area (Å²) in [5.74, 6) is -0.218. The number of carbonyl (C=O) groups is 1. The van der Waals surface area contributed by atoms with Gasteiger partial charge in [0.05, 0.1) is 6.26 Å². The van der Waals surface area contributed by atoms with E-state index in [0.717, 1.165) is 16.8 Å². The number of hydrogen-bond donors (Lipinski definition) is 1. The van der Waals surface area contributed by atoms with Crippen LogP contribution >= 0.6 is 15.9 Å². The third kappa shape index (κ3) is 1.95. The van der Waals surface area contributed by atoms with E-state index in [-0.39, 0.29) is 5.78 Å². The molecule has 1 N–H and O–H groups in total. The Bertz CT molecular complexity index is 318. The second kappa shape index (κ2) is 4.07. The lowest BCUT2D eigenvalue weighted by molar-refractivity contribution is 0.104. The predicted octanol–water partition coefficient (Wildman–Crippen LogP) is 2.70. The zero-order valence-corrected chi connectivity index (χ0v) is 7.78. The molecule has 0 fully saturated rings. The molecule has 0 aliphatic carbocycles. The van der Waals surface area contributed by atoms with E-state index in [9.17, 15) is 4.79 Å². The third-order valence-electron chi connectivity index (χ3n) is 1.37. The van der Waals surface area contributed by atoms with Gasteiger partial charge in [-0.15, -0.1) is 0 Å². The number of ketones is 1. The number of hydrogen-bond acceptors (Lipinski definition) is 2. The van der Waals surface area contributed by atoms with E-state index in [4.69, 9.17) is 5.11 Å². The summed E-state index contributed by atoms with van der Waals surface area (Å²) in [6.45, 7) is 0. The first-order valence-electron chi connectivity index (χ1n) is 3.35. The monoisotopic (exact) mass is 226 g/mol. The molecule has 1 rings (SSSR count). The zero-order valence-electron chi connectivity index (χ0n) is 6.20. The number of carbonyl (C=O) groups excluding carboxylic acids is 1. The van der Waals surface area contributed by atoms with E-state index >= 15 is 0 Å². The first-order chi connectivity index (χ1) is 5.75. The van der Waals surface area contributed by atoms with Crippen molar-refractivity contribution < 1.29 is 9.90 Å². The standard InChI is InChI=1S/C9H7BrO2/c10-8-4-2-1-3-7(8)9(12)5-6-11/h1-6,11H/b6-5+. The molecule has 0 saturated heterocycles. The summed E-state index contributed by atoms with van der Waals surface area (Å²) in [5, 5.41) is 8.37. The lowest BCUT2D eigenvalue weighted by atomic mass is 10.1. The van der Waals surface area contributed by atoms with E-state index in [0.29, 0.717) is 5.56 Å². The van der Waals surface area contributed by atoms with E-state index in [1.54, 1.807) is 18.2 Å². The van der Waals surface area contributed by atoms with Crippen molar-refractivity contribution in [3.63, 3.8) is 0 Å². The second-order valence-electron chi connectivity index (χ2n) is 2.16. The van der Waals surface area contributed by atoms with Gasteiger partial charge in [-0.2, -0.15) is 0 Å². The third-order valence-corrected chi connectivity index (χ3v) is 2.06. The molecule has 0 aliphatic rings. The largest absolute Gasteiger partial charge is 0.515 e. The molecule has 2 nitrogen and oxygen atoms in total. The average Bonchev–Trinajstić information content (AvgIpc) is 2.05. The van der Waals surface area contributed by atoms with Gasteiger partial charge in [0.1, 0.15) is 0 Å². The summed E-state index contributed by atoms with van der Waals surface area (Å²) >= 11 is 3.23. The Labute approximate surface area is 78.7 Å². The van der Waals surface area contributed by atoms with Gasteiger partial charge in [-0.25, -0.2) is 0 Å². The van der Waals surface area contributed by atoms with Gasteiger partial charge in [-0.3, -0.25) is 4.79 Å². The molecule has 0 radical (unpaired) electrons. The van der Waals surface area contributed by atoms with Crippen molar-refractivity contribution in [2.75, 3.05) is 0 Å². The number of aliphatic hydroxyl groups is 1. The Morgan fingerprint density at radius 3 is 2.67 bits per heavy atom. The van der Waals surface area contributed by atoms with Crippen LogP contribution in [0.3, 0.4) is 0 Å². The van der Waals surface area contributed by atoms with Crippen molar-refractivity contribution in [1.82, 2.24) is 0 Å². The maximum atomic E-state index is 11.2. The van der Waals surface area contributed by atoms with Gasteiger partial charge in [0, 0.05) is 16.1 Å². The van der Waals surface area contributed by atoms with Crippen molar-refractivity contribution in [2.24, 2.45) is 0 Å². The van der Waals surface area contributed by atoms with E-state index in [1.165, 1.54) is 0 Å². The van der Waals surface area contributed by atoms with Crippen LogP contribution in [0.1, 0.15) is 10.4 Å². The number of benzene rings is 1. The molecular formula is C9H7BrO2. The molecule has 3 heteroatoms. The van der Waals surface area contributed by atoms with Crippen LogP contribution in [0.25, 0.3) is 0 Å². The van der Waals surface area contributed by atoms with Crippen LogP contribution in [0.15, 0.2) is 41.1 Å². The van der Waals surface area contributed by atoms with Crippen molar-refractivity contribution >= 4 is 21.7 Å². The summed E-state index contributed by atoms with van der Waals surface area (Å²) in [5.41, 5.74) is 0.544. The lowest BCUT2D eigenvalue weighted by Gasteiger charge is -1.97. The Balaban J connectivity index is 3.03. The van der Waals surface area contributed by atoms with Crippen LogP contribution in [0.4, 0.5) is 0 Å². The van der Waals surface area contributed by atoms with E-state index < -0.39 is 0 Å². The first kappa shape index (κ1) is 9.00. The summed E-state index contributed by atoms with van der Waals surface area (Å²) in [6.07, 6.45) is 1.85. The number of aliphatic hydroxyl groups excluding tert-OH is 1. The molecule has 1 aromatic carbocycles. The fraction of sp³-hybridized carbons (Fsp3) is 0. The SMILES string of the molecule is O=C(/C=C/O)c1ccccc1Br. The minimum atomic E-state index is -0.218. The average molecular weight is 227 g/mol. The fourth-order valence-corrected chi connectivity index (χ4v) is 1.30. The van der Waals surface area contributed by atoms with Crippen molar-refractivity contribution in [3.05, 3.63) is 46.6 Å². The molecule has 62 valence electrons. The molecule has 0 aromatic heterocycles. The molecule has 0 heterocycles. The molecule has 0 atom stereocenters. The highest BCUT2D eigenvalue weighted by Gasteiger charge is 2.04. The highest BCUT2D eigenvalue weighted by Crippen LogP contribution is 2.16. The maximum Gasteiger partial charge on any atom is 0.190 e. The van der Waals surface area contributed by atoms with Gasteiger partial charge < -0.3 is 5.11 Å². The summed E-state index contributed by atoms with van der Waals surface area (Å²) in [7, 11) is 0. The highest BCUT2D eigenvalue weighted by molar-refractivity contribution is 9.10. The molecule has 0 spiro atoms. The normalized spacial score (nSPS) is 10.4. The smallest absolute Gasteiger partial charge is 0.190 e. The number of halogens is 1. The summed E-state index contributed by atoms with van der Waals surface area (Å²) in [4.78, 5) is 11.2. The van der Waals surface area contributed by atoms with Gasteiger partial charge in [0.2, 0.25) is 0 Å². The molecule has 0 unspecified atom stereocenters. The summed E-state index contributed by atoms with van der Waals surface area (Å²) in [6, 6.07) is 7.05. The van der Waals surface area contributed by atoms with E-state index in [2.05, 4.69) is 15.9 Å². The van der Waals surface area contributed by atoms with Gasteiger partial charge in [0.25, 0.3) is 0 Å². The van der Waals surface area contributed by atoms with Gasteiger partial charge in [0.15, 0.2) is 5.78 Å². The Hall–Kier alpha value is -1.09. The summed E-state index contributed by atoms with van der Waals surface area (Å²) < 4.78 is 0.730. The predicted molar refractivity (Wildman–Crippen MR) is 50.2 cm³/mol. The van der Waals surface area contributed by atoms with Crippen molar-refractivity contribution in [3.8, 4) is 0 Å². The Kier molecular flexibility index (Phi) is 3.05. The van der Waals surface area contributed by atoms with Crippen molar-refractivity contribution in [2.45, 2.75) is 0 Å². The molecule has 0 bridgehead atoms. The fourth-order valence-electron chi connectivity index (χ4n) is 0.819. The molecule has 0 amide bonds. The quantitative estimate of drug-likeness (QED) is 0.479. The number of allylic oxidation sites excluding steroid dienone is 1. The Morgan fingerprint density at radius 1 is 1.42 bits per heavy atom. The van der Waals surface area contributed by atoms with Crippen LogP contribution in [0.2, 0.25) is 0 Å². The molecule has 0 aliphatic heterocycles. The minimum Gasteiger partial charge on any atom is -0.515 e. The van der Waals surface area contributed by atoms with Crippen molar-refractivity contribution in [1.29, 1.82) is 0 Å². The van der Waals surface area contributed by atoms with Gasteiger partial charge in [-0.05, 0) is 12.1 Å². The maximum absolute atomic E-state index is 11.2. The molecular weight excluding hydrogens is 220 g/mol. The zero-order chi connectivity index (χ0) is 8.97. The second-order valence-corrected chi connectivity index (χ2v) is 3.01. The van der Waals surface area contributed by atoms with Crippen LogP contribution in [-0.4, -0.2) is 10.9 Å². The van der Waals surface area contributed by atoms with Crippen LogP contribution < -0.4 is 0 Å². The number of rotatable bonds is 2. The first-order valence-corrected chi connectivity index (χ1v) is 4.14. The molecule has 1 aromatic rings. The van der Waals surface area contributed by atoms with Gasteiger partial charge in [-0.1, -0.05) is 28.1 Å². The molecule has 12 heavy (non-hydrogen) atoms. The minimum absolute atomic E-state index is 0.218. The lowest BCUT2D eigenvalue weighted by Crippen LogP contribution is -1.94. The van der Waals surface area contributed by atoms with Gasteiger partial charge >= 0.3 is 0 Å². The Morgan fingerprint density at radius 2 is 2.08 bits per heavy atom. The van der Waals surface area contributed by atoms with Crippen LogP contribution in [0.5, 0.6) is 0 Å². The van der Waals surface area contributed by atoms with Crippen LogP contribution in [-0.2, 0) is 0 Å². The van der Waals surface area contributed by atoms with E-state index in [1.807, 2.05) is 6.07 Å². The topological polar surface area (TPSA) is 37.3 Å².